The third kappa shape index (κ3) is 3.65. The van der Waals surface area contributed by atoms with E-state index in [4.69, 9.17) is 15.7 Å². The lowest BCUT2D eigenvalue weighted by Gasteiger charge is -2.09. The Kier molecular flexibility index (Phi) is 4.90. The summed E-state index contributed by atoms with van der Waals surface area (Å²) in [5.41, 5.74) is 7.50. The van der Waals surface area contributed by atoms with Crippen molar-refractivity contribution >= 4 is 17.6 Å². The highest BCUT2D eigenvalue weighted by Crippen LogP contribution is 2.20. The second-order valence-corrected chi connectivity index (χ2v) is 5.37. The summed E-state index contributed by atoms with van der Waals surface area (Å²) in [5.74, 6) is 2.11. The van der Waals surface area contributed by atoms with Crippen LogP contribution in [-0.2, 0) is 10.5 Å². The molecular weight excluding hydrogens is 248 g/mol. The van der Waals surface area contributed by atoms with Gasteiger partial charge in [0.1, 0.15) is 0 Å². The smallest absolute Gasteiger partial charge is 0.170 e. The predicted octanol–water partition coefficient (Wildman–Crippen LogP) is 2.19. The molecule has 1 saturated heterocycles. The van der Waals surface area contributed by atoms with E-state index in [9.17, 15) is 0 Å². The molecule has 0 spiro atoms. The maximum atomic E-state index is 8.64. The Morgan fingerprint density at radius 3 is 3.17 bits per heavy atom. The first kappa shape index (κ1) is 13.2. The molecule has 1 fully saturated rings. The van der Waals surface area contributed by atoms with Crippen molar-refractivity contribution in [3.63, 3.8) is 0 Å². The molecule has 1 aliphatic rings. The van der Waals surface area contributed by atoms with Gasteiger partial charge in [0.25, 0.3) is 0 Å². The molecule has 0 aromatic heterocycles. The van der Waals surface area contributed by atoms with Gasteiger partial charge in [-0.15, -0.1) is 0 Å². The minimum absolute atomic E-state index is 0.154. The SMILES string of the molecule is N/C(=N/O)c1cccc(CSCC2CCCO2)c1. The average Bonchev–Trinajstić information content (AvgIpc) is 2.91. The molecule has 0 aliphatic carbocycles. The number of rotatable bonds is 5. The number of nitrogens with two attached hydrogens (primary N) is 1. The van der Waals surface area contributed by atoms with E-state index >= 15 is 0 Å². The highest BCUT2D eigenvalue weighted by molar-refractivity contribution is 7.98. The summed E-state index contributed by atoms with van der Waals surface area (Å²) < 4.78 is 5.58. The predicted molar refractivity (Wildman–Crippen MR) is 74.1 cm³/mol. The molecule has 3 N–H and O–H groups in total. The molecule has 1 aromatic rings. The third-order valence-electron chi connectivity index (χ3n) is 2.93. The summed E-state index contributed by atoms with van der Waals surface area (Å²) in [6.45, 7) is 0.907. The monoisotopic (exact) mass is 266 g/mol. The second-order valence-electron chi connectivity index (χ2n) is 4.34. The molecular formula is C13H18N2O2S. The van der Waals surface area contributed by atoms with Crippen LogP contribution in [0.1, 0.15) is 24.0 Å². The number of benzene rings is 1. The number of hydrogen-bond donors (Lipinski definition) is 2. The molecule has 0 amide bonds. The van der Waals surface area contributed by atoms with Crippen LogP contribution in [0.15, 0.2) is 29.4 Å². The van der Waals surface area contributed by atoms with E-state index in [0.717, 1.165) is 23.7 Å². The normalized spacial score (nSPS) is 20.2. The van der Waals surface area contributed by atoms with Crippen molar-refractivity contribution in [1.29, 1.82) is 0 Å². The molecule has 4 nitrogen and oxygen atoms in total. The fourth-order valence-electron chi connectivity index (χ4n) is 1.96. The van der Waals surface area contributed by atoms with E-state index < -0.39 is 0 Å². The lowest BCUT2D eigenvalue weighted by atomic mass is 10.1. The summed E-state index contributed by atoms with van der Waals surface area (Å²) in [6.07, 6.45) is 2.78. The van der Waals surface area contributed by atoms with Gasteiger partial charge in [0, 0.05) is 23.7 Å². The standard InChI is InChI=1S/C13H18N2O2S/c14-13(15-16)11-4-1-3-10(7-11)8-18-9-12-5-2-6-17-12/h1,3-4,7,12,16H,2,5-6,8-9H2,(H2,14,15). The third-order valence-corrected chi connectivity index (χ3v) is 4.07. The minimum Gasteiger partial charge on any atom is -0.409 e. The number of ether oxygens (including phenoxy) is 1. The van der Waals surface area contributed by atoms with E-state index in [-0.39, 0.29) is 5.84 Å². The van der Waals surface area contributed by atoms with Gasteiger partial charge in [-0.1, -0.05) is 23.4 Å². The molecule has 1 unspecified atom stereocenters. The number of amidine groups is 1. The van der Waals surface area contributed by atoms with Crippen molar-refractivity contribution < 1.29 is 9.94 Å². The van der Waals surface area contributed by atoms with Gasteiger partial charge in [-0.2, -0.15) is 11.8 Å². The zero-order valence-corrected chi connectivity index (χ0v) is 11.0. The van der Waals surface area contributed by atoms with Crippen molar-refractivity contribution in [3.05, 3.63) is 35.4 Å². The van der Waals surface area contributed by atoms with Gasteiger partial charge < -0.3 is 15.7 Å². The van der Waals surface area contributed by atoms with Crippen LogP contribution < -0.4 is 5.73 Å². The summed E-state index contributed by atoms with van der Waals surface area (Å²) in [4.78, 5) is 0. The lowest BCUT2D eigenvalue weighted by Crippen LogP contribution is -2.13. The average molecular weight is 266 g/mol. The first-order valence-corrected chi connectivity index (χ1v) is 7.21. The number of thioether (sulfide) groups is 1. The molecule has 0 saturated carbocycles. The van der Waals surface area contributed by atoms with Crippen LogP contribution in [0.5, 0.6) is 0 Å². The fraction of sp³-hybridized carbons (Fsp3) is 0.462. The molecule has 1 aliphatic heterocycles. The Morgan fingerprint density at radius 1 is 1.56 bits per heavy atom. The maximum Gasteiger partial charge on any atom is 0.170 e. The van der Waals surface area contributed by atoms with E-state index in [1.54, 1.807) is 0 Å². The Labute approximate surface area is 111 Å². The van der Waals surface area contributed by atoms with Gasteiger partial charge in [-0.3, -0.25) is 0 Å². The van der Waals surface area contributed by atoms with Crippen LogP contribution in [0.3, 0.4) is 0 Å². The number of nitrogens with zero attached hydrogens (tertiary/aromatic N) is 1. The van der Waals surface area contributed by atoms with Crippen molar-refractivity contribution in [1.82, 2.24) is 0 Å². The Morgan fingerprint density at radius 2 is 2.44 bits per heavy atom. The highest BCUT2D eigenvalue weighted by atomic mass is 32.2. The van der Waals surface area contributed by atoms with Crippen LogP contribution in [-0.4, -0.2) is 29.5 Å². The summed E-state index contributed by atoms with van der Waals surface area (Å²) in [5, 5.41) is 11.7. The first-order valence-electron chi connectivity index (χ1n) is 6.06. The van der Waals surface area contributed by atoms with Crippen LogP contribution in [0.4, 0.5) is 0 Å². The van der Waals surface area contributed by atoms with Gasteiger partial charge in [-0.25, -0.2) is 0 Å². The topological polar surface area (TPSA) is 67.8 Å². The molecule has 1 atom stereocenters. The molecule has 1 aromatic carbocycles. The van der Waals surface area contributed by atoms with Crippen molar-refractivity contribution in [2.75, 3.05) is 12.4 Å². The zero-order chi connectivity index (χ0) is 12.8. The molecule has 98 valence electrons. The molecule has 5 heteroatoms. The van der Waals surface area contributed by atoms with Crippen LogP contribution in [0.2, 0.25) is 0 Å². The van der Waals surface area contributed by atoms with E-state index in [0.29, 0.717) is 6.10 Å². The zero-order valence-electron chi connectivity index (χ0n) is 10.2. The lowest BCUT2D eigenvalue weighted by molar-refractivity contribution is 0.129. The van der Waals surface area contributed by atoms with Crippen molar-refractivity contribution in [3.8, 4) is 0 Å². The molecule has 0 bridgehead atoms. The van der Waals surface area contributed by atoms with Crippen molar-refractivity contribution in [2.24, 2.45) is 10.9 Å². The van der Waals surface area contributed by atoms with Gasteiger partial charge in [0.05, 0.1) is 6.10 Å². The quantitative estimate of drug-likeness (QED) is 0.371. The molecule has 18 heavy (non-hydrogen) atoms. The molecule has 0 radical (unpaired) electrons. The van der Waals surface area contributed by atoms with Gasteiger partial charge in [0.2, 0.25) is 0 Å². The summed E-state index contributed by atoms with van der Waals surface area (Å²) in [6, 6.07) is 7.77. The van der Waals surface area contributed by atoms with Crippen molar-refractivity contribution in [2.45, 2.75) is 24.7 Å². The minimum atomic E-state index is 0.154. The van der Waals surface area contributed by atoms with Crippen LogP contribution in [0.25, 0.3) is 0 Å². The summed E-state index contributed by atoms with van der Waals surface area (Å²) in [7, 11) is 0. The van der Waals surface area contributed by atoms with E-state index in [1.165, 1.54) is 18.4 Å². The Balaban J connectivity index is 1.85. The van der Waals surface area contributed by atoms with Crippen LogP contribution in [0, 0.1) is 0 Å². The Hall–Kier alpha value is -1.20. The van der Waals surface area contributed by atoms with E-state index in [1.807, 2.05) is 30.0 Å². The summed E-state index contributed by atoms with van der Waals surface area (Å²) >= 11 is 1.86. The largest absolute Gasteiger partial charge is 0.409 e. The highest BCUT2D eigenvalue weighted by Gasteiger charge is 2.14. The van der Waals surface area contributed by atoms with Gasteiger partial charge >= 0.3 is 0 Å². The van der Waals surface area contributed by atoms with E-state index in [2.05, 4.69) is 11.2 Å². The van der Waals surface area contributed by atoms with Gasteiger partial charge in [0.15, 0.2) is 5.84 Å². The molecule has 1 heterocycles. The second kappa shape index (κ2) is 6.66. The maximum absolute atomic E-state index is 8.64. The van der Waals surface area contributed by atoms with Gasteiger partial charge in [-0.05, 0) is 24.5 Å². The fourth-order valence-corrected chi connectivity index (χ4v) is 3.02. The number of oxime groups is 1. The molecule has 2 rings (SSSR count). The number of hydrogen-bond acceptors (Lipinski definition) is 4. The Bertz CT molecular complexity index is 417. The first-order chi connectivity index (χ1) is 8.79. The van der Waals surface area contributed by atoms with Crippen LogP contribution >= 0.6 is 11.8 Å².